The summed E-state index contributed by atoms with van der Waals surface area (Å²) in [5.74, 6) is -0.301. The van der Waals surface area contributed by atoms with Gasteiger partial charge in [-0.05, 0) is 63.3 Å². The van der Waals surface area contributed by atoms with Crippen molar-refractivity contribution in [3.05, 3.63) is 53.1 Å². The van der Waals surface area contributed by atoms with E-state index in [1.807, 2.05) is 24.3 Å². The average molecular weight is 509 g/mol. The van der Waals surface area contributed by atoms with Gasteiger partial charge >= 0.3 is 6.18 Å². The molecule has 0 spiro atoms. The molecule has 0 radical (unpaired) electrons. The van der Waals surface area contributed by atoms with Crippen molar-refractivity contribution in [2.45, 2.75) is 63.3 Å². The number of carbonyl (C=O) groups excluding carboxylic acids is 2. The minimum absolute atomic E-state index is 0.0223. The smallest absolute Gasteiger partial charge is 0.412 e. The summed E-state index contributed by atoms with van der Waals surface area (Å²) < 4.78 is 43.5. The molecule has 198 valence electrons. The number of nitrogens with zero attached hydrogens (tertiary/aromatic N) is 1. The molecule has 1 aliphatic heterocycles. The number of nitrogens with one attached hydrogen (secondary N) is 2. The molecule has 2 aliphatic rings. The lowest BCUT2D eigenvalue weighted by molar-refractivity contribution is -0.125. The Labute approximate surface area is 209 Å². The van der Waals surface area contributed by atoms with Gasteiger partial charge in [0, 0.05) is 35.8 Å². The van der Waals surface area contributed by atoms with Crippen LogP contribution in [0.4, 0.5) is 13.2 Å². The summed E-state index contributed by atoms with van der Waals surface area (Å²) in [7, 11) is 1.64. The van der Waals surface area contributed by atoms with E-state index in [-0.39, 0.29) is 29.6 Å². The fourth-order valence-electron chi connectivity index (χ4n) is 4.74. The van der Waals surface area contributed by atoms with E-state index < -0.39 is 17.7 Å². The molecular weight excluding hydrogens is 473 g/mol. The Morgan fingerprint density at radius 2 is 1.92 bits per heavy atom. The molecule has 1 saturated heterocycles. The van der Waals surface area contributed by atoms with E-state index >= 15 is 0 Å². The fourth-order valence-corrected chi connectivity index (χ4v) is 4.74. The molecule has 3 rings (SSSR count). The van der Waals surface area contributed by atoms with Crippen molar-refractivity contribution in [2.75, 3.05) is 26.7 Å². The Kier molecular flexibility index (Phi) is 8.84. The maximum absolute atomic E-state index is 12.7. The van der Waals surface area contributed by atoms with E-state index in [9.17, 15) is 22.8 Å². The van der Waals surface area contributed by atoms with Gasteiger partial charge in [-0.25, -0.2) is 0 Å². The highest BCUT2D eigenvalue weighted by Crippen LogP contribution is 2.38. The number of carbonyl (C=O) groups is 2. The second-order valence-corrected chi connectivity index (χ2v) is 9.59. The molecule has 0 unspecified atom stereocenters. The van der Waals surface area contributed by atoms with Crippen LogP contribution in [0.1, 0.15) is 45.1 Å². The summed E-state index contributed by atoms with van der Waals surface area (Å²) >= 11 is 0. The van der Waals surface area contributed by atoms with E-state index in [4.69, 9.17) is 10.5 Å². The number of allylic oxidation sites excluding steroid dienone is 2. The van der Waals surface area contributed by atoms with Crippen LogP contribution in [0.3, 0.4) is 0 Å². The Morgan fingerprint density at radius 3 is 2.50 bits per heavy atom. The maximum atomic E-state index is 12.7. The first-order valence-corrected chi connectivity index (χ1v) is 12.1. The number of hydrogen-bond donors (Lipinski definition) is 3. The van der Waals surface area contributed by atoms with Crippen LogP contribution < -0.4 is 21.1 Å². The summed E-state index contributed by atoms with van der Waals surface area (Å²) in [4.78, 5) is 26.7. The number of likely N-dealkylation sites (tertiary alicyclic amines) is 1. The maximum Gasteiger partial charge on any atom is 0.412 e. The topological polar surface area (TPSA) is 96.7 Å². The number of benzene rings is 1. The highest BCUT2D eigenvalue weighted by molar-refractivity contribution is 5.98. The van der Waals surface area contributed by atoms with Crippen LogP contribution in [0.5, 0.6) is 5.75 Å². The molecule has 7 nitrogen and oxygen atoms in total. The largest absolute Gasteiger partial charge is 0.497 e. The van der Waals surface area contributed by atoms with Gasteiger partial charge in [-0.1, -0.05) is 18.2 Å². The predicted octanol–water partition coefficient (Wildman–Crippen LogP) is 3.16. The number of hydrogen-bond acceptors (Lipinski definition) is 5. The standard InChI is InChI=1S/C26H35F3N4O3/c1-4-18(12-17(2)26(27,28)29)24(35)31-14-23(34)32-20-15-33(16-20)21-8-10-25(30,11-9-21)19-6-5-7-22(13-19)36-3/h4-7,12-13,20-21H,8-11,14-16,30H2,1-3H3,(H,31,35)(H,32,34)/b17-12+,18-4+. The summed E-state index contributed by atoms with van der Waals surface area (Å²) in [5.41, 5.74) is 6.41. The zero-order valence-corrected chi connectivity index (χ0v) is 21.0. The summed E-state index contributed by atoms with van der Waals surface area (Å²) in [6.07, 6.45) is 1.18. The highest BCUT2D eigenvalue weighted by atomic mass is 19.4. The fraction of sp³-hybridized carbons (Fsp3) is 0.538. The van der Waals surface area contributed by atoms with E-state index in [0.29, 0.717) is 19.1 Å². The molecule has 1 heterocycles. The Morgan fingerprint density at radius 1 is 1.25 bits per heavy atom. The quantitative estimate of drug-likeness (QED) is 0.370. The number of alkyl halides is 3. The third-order valence-corrected chi connectivity index (χ3v) is 7.09. The number of ether oxygens (including phenoxy) is 1. The number of halogens is 3. The van der Waals surface area contributed by atoms with Crippen molar-refractivity contribution in [1.29, 1.82) is 0 Å². The van der Waals surface area contributed by atoms with Crippen molar-refractivity contribution in [2.24, 2.45) is 5.73 Å². The van der Waals surface area contributed by atoms with Crippen LogP contribution in [0.2, 0.25) is 0 Å². The van der Waals surface area contributed by atoms with Crippen LogP contribution in [-0.2, 0) is 15.1 Å². The van der Waals surface area contributed by atoms with Crippen LogP contribution in [-0.4, -0.2) is 61.7 Å². The first-order chi connectivity index (χ1) is 16.9. The molecule has 0 aromatic heterocycles. The molecule has 1 aromatic rings. The van der Waals surface area contributed by atoms with Gasteiger partial charge in [0.2, 0.25) is 5.91 Å². The van der Waals surface area contributed by atoms with Crippen LogP contribution >= 0.6 is 0 Å². The summed E-state index contributed by atoms with van der Waals surface area (Å²) in [6, 6.07) is 8.29. The van der Waals surface area contributed by atoms with Gasteiger partial charge in [-0.15, -0.1) is 0 Å². The molecule has 1 saturated carbocycles. The molecule has 10 heteroatoms. The second kappa shape index (κ2) is 11.5. The lowest BCUT2D eigenvalue weighted by atomic mass is 9.74. The summed E-state index contributed by atoms with van der Waals surface area (Å²) in [6.45, 7) is 3.49. The third-order valence-electron chi connectivity index (χ3n) is 7.09. The molecule has 2 amide bonds. The van der Waals surface area contributed by atoms with Crippen molar-refractivity contribution < 1.29 is 27.5 Å². The number of methoxy groups -OCH3 is 1. The Bertz CT molecular complexity index is 1010. The minimum atomic E-state index is -4.51. The zero-order valence-electron chi connectivity index (χ0n) is 21.0. The Hall–Kier alpha value is -2.85. The van der Waals surface area contributed by atoms with Gasteiger partial charge in [0.25, 0.3) is 5.91 Å². The van der Waals surface area contributed by atoms with Gasteiger partial charge < -0.3 is 21.1 Å². The molecule has 0 atom stereocenters. The molecule has 4 N–H and O–H groups in total. The third kappa shape index (κ3) is 6.88. The molecule has 0 bridgehead atoms. The lowest BCUT2D eigenvalue weighted by Gasteiger charge is -2.48. The zero-order chi connectivity index (χ0) is 26.5. The first-order valence-electron chi connectivity index (χ1n) is 12.1. The number of amides is 2. The van der Waals surface area contributed by atoms with Gasteiger partial charge in [0.1, 0.15) is 5.75 Å². The van der Waals surface area contributed by atoms with Crippen LogP contribution in [0.15, 0.2) is 47.6 Å². The van der Waals surface area contributed by atoms with Gasteiger partial charge in [-0.3, -0.25) is 14.5 Å². The highest BCUT2D eigenvalue weighted by Gasteiger charge is 2.39. The lowest BCUT2D eigenvalue weighted by Crippen LogP contribution is -2.63. The Balaban J connectivity index is 1.40. The molecule has 1 aromatic carbocycles. The summed E-state index contributed by atoms with van der Waals surface area (Å²) in [5, 5.41) is 5.25. The normalized spacial score (nSPS) is 24.1. The van der Waals surface area contributed by atoms with Gasteiger partial charge in [-0.2, -0.15) is 13.2 Å². The van der Waals surface area contributed by atoms with Crippen molar-refractivity contribution >= 4 is 11.8 Å². The van der Waals surface area contributed by atoms with E-state index in [0.717, 1.165) is 50.0 Å². The van der Waals surface area contributed by atoms with Gasteiger partial charge in [0.15, 0.2) is 0 Å². The van der Waals surface area contributed by atoms with Crippen LogP contribution in [0.25, 0.3) is 0 Å². The van der Waals surface area contributed by atoms with Crippen molar-refractivity contribution in [3.8, 4) is 5.75 Å². The van der Waals surface area contributed by atoms with E-state index in [1.165, 1.54) is 13.0 Å². The molecule has 2 fully saturated rings. The van der Waals surface area contributed by atoms with Crippen LogP contribution in [0, 0.1) is 0 Å². The minimum Gasteiger partial charge on any atom is -0.497 e. The van der Waals surface area contributed by atoms with Crippen molar-refractivity contribution in [1.82, 2.24) is 15.5 Å². The number of rotatable bonds is 8. The second-order valence-electron chi connectivity index (χ2n) is 9.59. The van der Waals surface area contributed by atoms with Gasteiger partial charge in [0.05, 0.1) is 19.7 Å². The SMILES string of the molecule is C/C=C(\C=C(/C)C(F)(F)F)C(=O)NCC(=O)NC1CN(C2CCC(N)(c3cccc(OC)c3)CC2)C1. The predicted molar refractivity (Wildman–Crippen MR) is 131 cm³/mol. The monoisotopic (exact) mass is 508 g/mol. The molecule has 1 aliphatic carbocycles. The van der Waals surface area contributed by atoms with E-state index in [2.05, 4.69) is 15.5 Å². The van der Waals surface area contributed by atoms with E-state index in [1.54, 1.807) is 7.11 Å². The average Bonchev–Trinajstić information content (AvgIpc) is 2.83. The number of nitrogens with two attached hydrogens (primary N) is 1. The molecule has 36 heavy (non-hydrogen) atoms. The van der Waals surface area contributed by atoms with Crippen molar-refractivity contribution in [3.63, 3.8) is 0 Å². The molecular formula is C26H35F3N4O3. The first kappa shape index (κ1) is 27.7.